The fourth-order valence-corrected chi connectivity index (χ4v) is 4.04. The highest BCUT2D eigenvalue weighted by atomic mass is 35.5. The predicted octanol–water partition coefficient (Wildman–Crippen LogP) is 5.54. The van der Waals surface area contributed by atoms with Gasteiger partial charge in [0.15, 0.2) is 0 Å². The van der Waals surface area contributed by atoms with E-state index in [1.807, 2.05) is 38.1 Å². The zero-order valence-electron chi connectivity index (χ0n) is 18.9. The summed E-state index contributed by atoms with van der Waals surface area (Å²) in [6.07, 6.45) is 1.40. The summed E-state index contributed by atoms with van der Waals surface area (Å²) >= 11 is 6.36. The minimum atomic E-state index is -0.794. The van der Waals surface area contributed by atoms with E-state index < -0.39 is 5.97 Å². The molecular formula is C24H27Cl2N3O5. The first kappa shape index (κ1) is 25.8. The molecule has 0 saturated heterocycles. The summed E-state index contributed by atoms with van der Waals surface area (Å²) in [5.74, 6) is 1.24. The lowest BCUT2D eigenvalue weighted by Crippen LogP contribution is -2.23. The van der Waals surface area contributed by atoms with Gasteiger partial charge in [-0.1, -0.05) is 28.9 Å². The Hall–Kier alpha value is -2.81. The van der Waals surface area contributed by atoms with Crippen LogP contribution in [0.5, 0.6) is 11.5 Å². The van der Waals surface area contributed by atoms with E-state index in [4.69, 9.17) is 30.7 Å². The van der Waals surface area contributed by atoms with Crippen molar-refractivity contribution in [2.24, 2.45) is 0 Å². The number of benzene rings is 2. The molecule has 1 unspecified atom stereocenters. The Labute approximate surface area is 209 Å². The van der Waals surface area contributed by atoms with Gasteiger partial charge in [0.2, 0.25) is 5.82 Å². The Morgan fingerprint density at radius 2 is 2.15 bits per heavy atom. The van der Waals surface area contributed by atoms with Gasteiger partial charge >= 0.3 is 5.97 Å². The van der Waals surface area contributed by atoms with Crippen LogP contribution < -0.4 is 14.8 Å². The molecule has 3 aromatic rings. The number of carbonyl (C=O) groups is 1. The van der Waals surface area contributed by atoms with Gasteiger partial charge in [-0.25, -0.2) is 0 Å². The zero-order valence-corrected chi connectivity index (χ0v) is 20.5. The largest absolute Gasteiger partial charge is 0.491 e. The fourth-order valence-electron chi connectivity index (χ4n) is 3.81. The minimum Gasteiger partial charge on any atom is -0.491 e. The number of carboxylic acid groups (broad SMARTS) is 1. The number of carboxylic acids is 1. The van der Waals surface area contributed by atoms with Crippen LogP contribution in [0.15, 0.2) is 40.9 Å². The Morgan fingerprint density at radius 3 is 2.88 bits per heavy atom. The quantitative estimate of drug-likeness (QED) is 0.408. The van der Waals surface area contributed by atoms with E-state index in [9.17, 15) is 4.79 Å². The molecule has 0 fully saturated rings. The number of fused-ring (bicyclic) bond motifs is 1. The second-order valence-electron chi connectivity index (χ2n) is 8.10. The maximum absolute atomic E-state index is 10.9. The standard InChI is InChI=1S/C24H26ClN3O5.ClH/c1-14(2)32-20-10-9-15(13-18(20)25)24-27-23(28-33-24)17-6-3-5-16-19(7-4-8-21(29)30)26-11-12-31-22(16)17;/h3,5-6,9-10,13-14,19,26H,4,7-8,11-12H2,1-2H3,(H,29,30);1H. The van der Waals surface area contributed by atoms with Gasteiger partial charge in [0.05, 0.1) is 16.7 Å². The van der Waals surface area contributed by atoms with Crippen molar-refractivity contribution in [3.8, 4) is 34.3 Å². The van der Waals surface area contributed by atoms with Gasteiger partial charge in [-0.05, 0) is 51.0 Å². The maximum Gasteiger partial charge on any atom is 0.303 e. The molecule has 0 bridgehead atoms. The smallest absolute Gasteiger partial charge is 0.303 e. The van der Waals surface area contributed by atoms with Crippen LogP contribution in [0, 0.1) is 0 Å². The van der Waals surface area contributed by atoms with Gasteiger partial charge in [0, 0.05) is 30.1 Å². The average Bonchev–Trinajstić information content (AvgIpc) is 3.17. The molecule has 1 aliphatic heterocycles. The van der Waals surface area contributed by atoms with Crippen LogP contribution in [-0.4, -0.2) is 40.5 Å². The second-order valence-corrected chi connectivity index (χ2v) is 8.51. The lowest BCUT2D eigenvalue weighted by Gasteiger charge is -2.18. The summed E-state index contributed by atoms with van der Waals surface area (Å²) in [5, 5.41) is 17.0. The van der Waals surface area contributed by atoms with Crippen LogP contribution in [0.25, 0.3) is 22.8 Å². The Morgan fingerprint density at radius 1 is 1.32 bits per heavy atom. The van der Waals surface area contributed by atoms with Crippen molar-refractivity contribution in [2.45, 2.75) is 45.3 Å². The molecule has 10 heteroatoms. The van der Waals surface area contributed by atoms with Crippen molar-refractivity contribution in [2.75, 3.05) is 13.2 Å². The Kier molecular flexibility index (Phi) is 8.77. The number of aliphatic carboxylic acids is 1. The number of nitrogens with zero attached hydrogens (tertiary/aromatic N) is 2. The summed E-state index contributed by atoms with van der Waals surface area (Å²) in [7, 11) is 0. The van der Waals surface area contributed by atoms with Gasteiger partial charge < -0.3 is 24.4 Å². The van der Waals surface area contributed by atoms with E-state index in [1.54, 1.807) is 12.1 Å². The van der Waals surface area contributed by atoms with Crippen molar-refractivity contribution in [1.29, 1.82) is 0 Å². The van der Waals surface area contributed by atoms with Crippen LogP contribution in [0.2, 0.25) is 5.02 Å². The summed E-state index contributed by atoms with van der Waals surface area (Å²) in [6.45, 7) is 5.01. The van der Waals surface area contributed by atoms with Gasteiger partial charge in [-0.3, -0.25) is 4.79 Å². The first-order valence-electron chi connectivity index (χ1n) is 10.9. The molecule has 1 aromatic heterocycles. The summed E-state index contributed by atoms with van der Waals surface area (Å²) in [6, 6.07) is 11.1. The molecule has 0 spiro atoms. The van der Waals surface area contributed by atoms with Crippen LogP contribution >= 0.6 is 24.0 Å². The molecule has 2 aromatic carbocycles. The number of nitrogens with one attached hydrogen (secondary N) is 1. The van der Waals surface area contributed by atoms with E-state index >= 15 is 0 Å². The number of para-hydroxylation sites is 1. The van der Waals surface area contributed by atoms with E-state index in [0.717, 1.165) is 11.1 Å². The Balaban J connectivity index is 0.00000324. The normalized spacial score (nSPS) is 15.1. The highest BCUT2D eigenvalue weighted by molar-refractivity contribution is 6.32. The third kappa shape index (κ3) is 6.00. The second kappa shape index (κ2) is 11.6. The Bertz CT molecular complexity index is 1140. The number of rotatable bonds is 8. The number of hydrogen-bond donors (Lipinski definition) is 2. The SMILES string of the molecule is CC(C)Oc1ccc(-c2nc(-c3cccc4c3OCCNC4CCCC(=O)O)no2)cc1Cl.Cl. The molecule has 2 heterocycles. The summed E-state index contributed by atoms with van der Waals surface area (Å²) < 4.78 is 17.2. The third-order valence-electron chi connectivity index (χ3n) is 5.25. The van der Waals surface area contributed by atoms with E-state index in [0.29, 0.717) is 59.8 Å². The lowest BCUT2D eigenvalue weighted by atomic mass is 9.97. The van der Waals surface area contributed by atoms with Crippen molar-refractivity contribution >= 4 is 30.0 Å². The maximum atomic E-state index is 10.9. The van der Waals surface area contributed by atoms with Crippen molar-refractivity contribution in [3.63, 3.8) is 0 Å². The fraction of sp³-hybridized carbons (Fsp3) is 0.375. The number of ether oxygens (including phenoxy) is 2. The van der Waals surface area contributed by atoms with Crippen molar-refractivity contribution in [1.82, 2.24) is 15.5 Å². The molecule has 1 aliphatic rings. The third-order valence-corrected chi connectivity index (χ3v) is 5.55. The highest BCUT2D eigenvalue weighted by Crippen LogP contribution is 2.39. The van der Waals surface area contributed by atoms with Crippen molar-refractivity contribution in [3.05, 3.63) is 47.0 Å². The van der Waals surface area contributed by atoms with E-state index in [2.05, 4.69) is 15.5 Å². The lowest BCUT2D eigenvalue weighted by molar-refractivity contribution is -0.137. The van der Waals surface area contributed by atoms with Gasteiger partial charge in [-0.15, -0.1) is 12.4 Å². The highest BCUT2D eigenvalue weighted by Gasteiger charge is 2.24. The predicted molar refractivity (Wildman–Crippen MR) is 131 cm³/mol. The monoisotopic (exact) mass is 507 g/mol. The van der Waals surface area contributed by atoms with Gasteiger partial charge in [0.1, 0.15) is 18.1 Å². The molecule has 34 heavy (non-hydrogen) atoms. The summed E-state index contributed by atoms with van der Waals surface area (Å²) in [5.41, 5.74) is 2.37. The molecule has 0 amide bonds. The van der Waals surface area contributed by atoms with E-state index in [1.165, 1.54) is 0 Å². The molecule has 4 rings (SSSR count). The molecule has 2 N–H and O–H groups in total. The minimum absolute atomic E-state index is 0. The number of halogens is 2. The summed E-state index contributed by atoms with van der Waals surface area (Å²) in [4.78, 5) is 15.5. The van der Waals surface area contributed by atoms with Crippen LogP contribution in [0.1, 0.15) is 44.7 Å². The molecule has 182 valence electrons. The number of hydrogen-bond acceptors (Lipinski definition) is 7. The van der Waals surface area contributed by atoms with Gasteiger partial charge in [-0.2, -0.15) is 4.98 Å². The van der Waals surface area contributed by atoms with Gasteiger partial charge in [0.25, 0.3) is 5.89 Å². The molecule has 8 nitrogen and oxygen atoms in total. The molecule has 0 aliphatic carbocycles. The van der Waals surface area contributed by atoms with Crippen LogP contribution in [0.4, 0.5) is 0 Å². The molecule has 1 atom stereocenters. The van der Waals surface area contributed by atoms with E-state index in [-0.39, 0.29) is 31.0 Å². The van der Waals surface area contributed by atoms with Crippen LogP contribution in [0.3, 0.4) is 0 Å². The first-order valence-corrected chi connectivity index (χ1v) is 11.3. The topological polar surface area (TPSA) is 107 Å². The molecule has 0 radical (unpaired) electrons. The molecular weight excluding hydrogens is 481 g/mol. The molecule has 0 saturated carbocycles. The number of aromatic nitrogens is 2. The van der Waals surface area contributed by atoms with Crippen LogP contribution in [-0.2, 0) is 4.79 Å². The van der Waals surface area contributed by atoms with Crippen molar-refractivity contribution < 1.29 is 23.9 Å². The zero-order chi connectivity index (χ0) is 23.4. The first-order chi connectivity index (χ1) is 15.9. The average molecular weight is 508 g/mol.